The van der Waals surface area contributed by atoms with Gasteiger partial charge in [-0.3, -0.25) is 9.48 Å². The lowest BCUT2D eigenvalue weighted by atomic mass is 10.1. The van der Waals surface area contributed by atoms with Crippen LogP contribution in [0.1, 0.15) is 43.4 Å². The molecule has 1 amide bonds. The summed E-state index contributed by atoms with van der Waals surface area (Å²) < 4.78 is 1.97. The molecule has 2 N–H and O–H groups in total. The van der Waals surface area contributed by atoms with Gasteiger partial charge in [0.25, 0.3) is 0 Å². The number of para-hydroxylation sites is 1. The van der Waals surface area contributed by atoms with Crippen LogP contribution < -0.4 is 5.32 Å². The number of benzene rings is 1. The molecule has 1 saturated carbocycles. The summed E-state index contributed by atoms with van der Waals surface area (Å²) >= 11 is 0. The van der Waals surface area contributed by atoms with Gasteiger partial charge in [-0.1, -0.05) is 18.2 Å². The maximum atomic E-state index is 12.3. The summed E-state index contributed by atoms with van der Waals surface area (Å²) in [7, 11) is 0. The Morgan fingerprint density at radius 3 is 3.08 bits per heavy atom. The van der Waals surface area contributed by atoms with E-state index >= 15 is 0 Å². The van der Waals surface area contributed by atoms with Crippen LogP contribution in [-0.4, -0.2) is 20.7 Å². The van der Waals surface area contributed by atoms with Crippen molar-refractivity contribution >= 4 is 22.5 Å². The van der Waals surface area contributed by atoms with Crippen LogP contribution >= 0.6 is 0 Å². The van der Waals surface area contributed by atoms with Gasteiger partial charge in [-0.05, 0) is 50.2 Å². The molecule has 0 spiro atoms. The van der Waals surface area contributed by atoms with Crippen LogP contribution in [-0.2, 0) is 11.2 Å². The van der Waals surface area contributed by atoms with E-state index in [0.717, 1.165) is 23.5 Å². The molecule has 130 valence electrons. The van der Waals surface area contributed by atoms with Gasteiger partial charge >= 0.3 is 0 Å². The van der Waals surface area contributed by atoms with Crippen LogP contribution in [0, 0.1) is 12.8 Å². The molecule has 0 radical (unpaired) electrons. The number of fused-ring (bicyclic) bond motifs is 1. The third kappa shape index (κ3) is 3.31. The first-order valence-electron chi connectivity index (χ1n) is 9.01. The van der Waals surface area contributed by atoms with Crippen molar-refractivity contribution in [2.75, 3.05) is 5.32 Å². The van der Waals surface area contributed by atoms with Gasteiger partial charge in [0.05, 0.1) is 17.9 Å². The van der Waals surface area contributed by atoms with Crippen LogP contribution in [0.25, 0.3) is 10.9 Å². The summed E-state index contributed by atoms with van der Waals surface area (Å²) in [5.74, 6) is 0.773. The molecule has 5 heteroatoms. The Bertz CT molecular complexity index is 903. The first-order chi connectivity index (χ1) is 12.1. The van der Waals surface area contributed by atoms with Crippen molar-refractivity contribution in [3.8, 4) is 0 Å². The van der Waals surface area contributed by atoms with E-state index in [1.54, 1.807) is 6.20 Å². The van der Waals surface area contributed by atoms with Gasteiger partial charge in [0.15, 0.2) is 0 Å². The molecule has 0 bridgehead atoms. The van der Waals surface area contributed by atoms with Crippen molar-refractivity contribution < 1.29 is 4.79 Å². The van der Waals surface area contributed by atoms with Gasteiger partial charge in [0, 0.05) is 29.7 Å². The first kappa shape index (κ1) is 15.9. The Kier molecular flexibility index (Phi) is 4.07. The third-order valence-electron chi connectivity index (χ3n) is 5.24. The van der Waals surface area contributed by atoms with Crippen molar-refractivity contribution in [3.05, 3.63) is 47.9 Å². The number of hydrogen-bond acceptors (Lipinski definition) is 2. The molecule has 1 aliphatic rings. The molecule has 1 unspecified atom stereocenters. The molecule has 2 heterocycles. The zero-order chi connectivity index (χ0) is 17.4. The summed E-state index contributed by atoms with van der Waals surface area (Å²) in [6, 6.07) is 6.68. The Balaban J connectivity index is 1.36. The molecule has 1 fully saturated rings. The number of aromatic amines is 1. The van der Waals surface area contributed by atoms with E-state index < -0.39 is 0 Å². The molecular weight excluding hydrogens is 312 g/mol. The summed E-state index contributed by atoms with van der Waals surface area (Å²) in [5, 5.41) is 8.56. The molecule has 3 aromatic rings. The van der Waals surface area contributed by atoms with Gasteiger partial charge in [-0.15, -0.1) is 0 Å². The highest BCUT2D eigenvalue weighted by Crippen LogP contribution is 2.39. The fourth-order valence-electron chi connectivity index (χ4n) is 3.46. The molecule has 1 aromatic carbocycles. The molecule has 4 rings (SSSR count). The first-order valence-corrected chi connectivity index (χ1v) is 9.01. The van der Waals surface area contributed by atoms with E-state index in [2.05, 4.69) is 47.4 Å². The van der Waals surface area contributed by atoms with Crippen LogP contribution in [0.15, 0.2) is 36.8 Å². The number of amides is 1. The number of anilines is 1. The zero-order valence-corrected chi connectivity index (χ0v) is 14.7. The van der Waals surface area contributed by atoms with E-state index in [0.29, 0.717) is 12.5 Å². The summed E-state index contributed by atoms with van der Waals surface area (Å²) in [4.78, 5) is 15.6. The fourth-order valence-corrected chi connectivity index (χ4v) is 3.46. The number of aryl methyl sites for hydroxylation is 2. The average molecular weight is 336 g/mol. The smallest absolute Gasteiger partial charge is 0.224 e. The Morgan fingerprint density at radius 1 is 1.44 bits per heavy atom. The molecule has 25 heavy (non-hydrogen) atoms. The maximum absolute atomic E-state index is 12.3. The van der Waals surface area contributed by atoms with Gasteiger partial charge in [0.1, 0.15) is 0 Å². The van der Waals surface area contributed by atoms with Crippen molar-refractivity contribution in [3.63, 3.8) is 0 Å². The third-order valence-corrected chi connectivity index (χ3v) is 5.24. The SMILES string of the molecule is Cc1cccc2c(CCC(=O)Nc3cnn(C(C)C4CC4)c3)c[nH]c12. The quantitative estimate of drug-likeness (QED) is 0.708. The minimum Gasteiger partial charge on any atom is -0.361 e. The second-order valence-electron chi connectivity index (χ2n) is 7.15. The fraction of sp³-hybridized carbons (Fsp3) is 0.400. The number of carbonyl (C=O) groups excluding carboxylic acids is 1. The van der Waals surface area contributed by atoms with Gasteiger partial charge in [0.2, 0.25) is 5.91 Å². The second-order valence-corrected chi connectivity index (χ2v) is 7.15. The number of nitrogens with zero attached hydrogens (tertiary/aromatic N) is 2. The summed E-state index contributed by atoms with van der Waals surface area (Å²) in [6.07, 6.45) is 9.45. The minimum atomic E-state index is 0.0284. The lowest BCUT2D eigenvalue weighted by Crippen LogP contribution is -2.12. The largest absolute Gasteiger partial charge is 0.361 e. The van der Waals surface area contributed by atoms with Gasteiger partial charge < -0.3 is 10.3 Å². The number of H-pyrrole nitrogens is 1. The lowest BCUT2D eigenvalue weighted by molar-refractivity contribution is -0.116. The van der Waals surface area contributed by atoms with Gasteiger partial charge in [-0.25, -0.2) is 0 Å². The average Bonchev–Trinajstić information content (AvgIpc) is 3.20. The molecular formula is C20H24N4O. The highest BCUT2D eigenvalue weighted by Gasteiger charge is 2.29. The van der Waals surface area contributed by atoms with Crippen LogP contribution in [0.5, 0.6) is 0 Å². The van der Waals surface area contributed by atoms with Crippen molar-refractivity contribution in [1.29, 1.82) is 0 Å². The van der Waals surface area contributed by atoms with E-state index in [-0.39, 0.29) is 5.91 Å². The minimum absolute atomic E-state index is 0.0284. The standard InChI is InChI=1S/C20H24N4O/c1-13-4-3-5-18-16(10-21-20(13)18)8-9-19(25)23-17-11-22-24(12-17)14(2)15-6-7-15/h3-5,10-12,14-15,21H,6-9H2,1-2H3,(H,23,25). The Hall–Kier alpha value is -2.56. The van der Waals surface area contributed by atoms with Crippen molar-refractivity contribution in [2.24, 2.45) is 5.92 Å². The summed E-state index contributed by atoms with van der Waals surface area (Å²) in [5.41, 5.74) is 4.36. The number of carbonyl (C=O) groups is 1. The van der Waals surface area contributed by atoms with E-state index in [1.165, 1.54) is 29.4 Å². The number of aromatic nitrogens is 3. The Labute approximate surface area is 147 Å². The molecule has 2 aromatic heterocycles. The van der Waals surface area contributed by atoms with Crippen LogP contribution in [0.3, 0.4) is 0 Å². The summed E-state index contributed by atoms with van der Waals surface area (Å²) in [6.45, 7) is 4.28. The van der Waals surface area contributed by atoms with Gasteiger partial charge in [-0.2, -0.15) is 5.10 Å². The molecule has 0 saturated heterocycles. The van der Waals surface area contributed by atoms with Crippen LogP contribution in [0.4, 0.5) is 5.69 Å². The van der Waals surface area contributed by atoms with Crippen molar-refractivity contribution in [2.45, 2.75) is 45.6 Å². The maximum Gasteiger partial charge on any atom is 0.224 e. The van der Waals surface area contributed by atoms with Crippen LogP contribution in [0.2, 0.25) is 0 Å². The highest BCUT2D eigenvalue weighted by molar-refractivity contribution is 5.91. The molecule has 0 aliphatic heterocycles. The molecule has 1 aliphatic carbocycles. The molecule has 5 nitrogen and oxygen atoms in total. The Morgan fingerprint density at radius 2 is 2.28 bits per heavy atom. The van der Waals surface area contributed by atoms with E-state index in [9.17, 15) is 4.79 Å². The highest BCUT2D eigenvalue weighted by atomic mass is 16.1. The topological polar surface area (TPSA) is 62.7 Å². The number of hydrogen-bond donors (Lipinski definition) is 2. The lowest BCUT2D eigenvalue weighted by Gasteiger charge is -2.09. The number of nitrogens with one attached hydrogen (secondary N) is 2. The number of rotatable bonds is 6. The van der Waals surface area contributed by atoms with E-state index in [4.69, 9.17) is 0 Å². The monoisotopic (exact) mass is 336 g/mol. The second kappa shape index (κ2) is 6.39. The predicted octanol–water partition coefficient (Wildman–Crippen LogP) is 4.22. The normalized spacial score (nSPS) is 15.4. The van der Waals surface area contributed by atoms with Crippen molar-refractivity contribution in [1.82, 2.24) is 14.8 Å². The zero-order valence-electron chi connectivity index (χ0n) is 14.7. The van der Waals surface area contributed by atoms with E-state index in [1.807, 2.05) is 17.1 Å². The predicted molar refractivity (Wildman–Crippen MR) is 99.6 cm³/mol. The molecule has 1 atom stereocenters.